The van der Waals surface area contributed by atoms with Gasteiger partial charge in [0, 0.05) is 25.2 Å². The molecule has 3 nitrogen and oxygen atoms in total. The van der Waals surface area contributed by atoms with Crippen molar-refractivity contribution in [3.05, 3.63) is 0 Å². The molecule has 0 aromatic rings. The molecule has 0 spiro atoms. The second-order valence-corrected chi connectivity index (χ2v) is 3.58. The number of morpholine rings is 1. The van der Waals surface area contributed by atoms with Gasteiger partial charge in [-0.05, 0) is 14.0 Å². The molecule has 2 aliphatic rings. The van der Waals surface area contributed by atoms with Crippen LogP contribution in [0.5, 0.6) is 0 Å². The lowest BCUT2D eigenvalue weighted by molar-refractivity contribution is -0.0478. The monoisotopic (exact) mass is 156 g/mol. The fourth-order valence-electron chi connectivity index (χ4n) is 2.03. The Morgan fingerprint density at radius 2 is 2.36 bits per heavy atom. The zero-order valence-corrected chi connectivity index (χ0v) is 7.21. The minimum atomic E-state index is 0.425. The van der Waals surface area contributed by atoms with Crippen LogP contribution in [0.3, 0.4) is 0 Å². The van der Waals surface area contributed by atoms with Crippen molar-refractivity contribution in [2.75, 3.05) is 26.7 Å². The zero-order chi connectivity index (χ0) is 7.84. The number of rotatable bonds is 0. The van der Waals surface area contributed by atoms with E-state index in [4.69, 9.17) is 4.74 Å². The molecule has 2 heterocycles. The van der Waals surface area contributed by atoms with Crippen LogP contribution in [-0.4, -0.2) is 49.8 Å². The van der Waals surface area contributed by atoms with Crippen LogP contribution < -0.4 is 5.32 Å². The smallest absolute Gasteiger partial charge is 0.0892 e. The largest absolute Gasteiger partial charge is 0.374 e. The summed E-state index contributed by atoms with van der Waals surface area (Å²) in [5, 5.41) is 3.43. The molecule has 0 aromatic carbocycles. The average Bonchev–Trinajstić information content (AvgIpc) is 2.35. The maximum absolute atomic E-state index is 5.68. The SMILES string of the molecule is CC1NCC2C1OCCN2C. The molecule has 3 unspecified atom stereocenters. The zero-order valence-electron chi connectivity index (χ0n) is 7.21. The third-order valence-corrected chi connectivity index (χ3v) is 2.84. The molecular weight excluding hydrogens is 140 g/mol. The number of nitrogens with zero attached hydrogens (tertiary/aromatic N) is 1. The van der Waals surface area contributed by atoms with Crippen LogP contribution in [0.1, 0.15) is 6.92 Å². The molecule has 2 rings (SSSR count). The third kappa shape index (κ3) is 1.17. The van der Waals surface area contributed by atoms with E-state index in [2.05, 4.69) is 24.2 Å². The van der Waals surface area contributed by atoms with E-state index < -0.39 is 0 Å². The van der Waals surface area contributed by atoms with Gasteiger partial charge in [0.05, 0.1) is 12.7 Å². The molecule has 2 saturated heterocycles. The molecule has 1 N–H and O–H groups in total. The Morgan fingerprint density at radius 1 is 1.55 bits per heavy atom. The van der Waals surface area contributed by atoms with E-state index in [1.54, 1.807) is 0 Å². The van der Waals surface area contributed by atoms with Crippen LogP contribution in [0.2, 0.25) is 0 Å². The molecule has 3 atom stereocenters. The fraction of sp³-hybridized carbons (Fsp3) is 1.00. The van der Waals surface area contributed by atoms with Crippen molar-refractivity contribution in [2.24, 2.45) is 0 Å². The van der Waals surface area contributed by atoms with Crippen molar-refractivity contribution >= 4 is 0 Å². The van der Waals surface area contributed by atoms with Crippen LogP contribution in [0.4, 0.5) is 0 Å². The lowest BCUT2D eigenvalue weighted by Crippen LogP contribution is -2.49. The number of ether oxygens (including phenoxy) is 1. The minimum Gasteiger partial charge on any atom is -0.374 e. The Labute approximate surface area is 67.7 Å². The molecule has 0 saturated carbocycles. The molecule has 2 fully saturated rings. The molecule has 0 amide bonds. The number of nitrogens with one attached hydrogen (secondary N) is 1. The highest BCUT2D eigenvalue weighted by Crippen LogP contribution is 2.19. The van der Waals surface area contributed by atoms with Gasteiger partial charge in [-0.15, -0.1) is 0 Å². The molecule has 64 valence electrons. The maximum Gasteiger partial charge on any atom is 0.0892 e. The molecule has 2 aliphatic heterocycles. The highest BCUT2D eigenvalue weighted by atomic mass is 16.5. The van der Waals surface area contributed by atoms with Gasteiger partial charge in [-0.25, -0.2) is 0 Å². The Balaban J connectivity index is 2.07. The van der Waals surface area contributed by atoms with Crippen molar-refractivity contribution in [2.45, 2.75) is 25.1 Å². The van der Waals surface area contributed by atoms with Crippen LogP contribution >= 0.6 is 0 Å². The second kappa shape index (κ2) is 2.73. The van der Waals surface area contributed by atoms with Crippen molar-refractivity contribution < 1.29 is 4.74 Å². The fourth-order valence-corrected chi connectivity index (χ4v) is 2.03. The van der Waals surface area contributed by atoms with E-state index in [9.17, 15) is 0 Å². The highest BCUT2D eigenvalue weighted by Gasteiger charge is 2.38. The quantitative estimate of drug-likeness (QED) is 0.520. The van der Waals surface area contributed by atoms with E-state index in [-0.39, 0.29) is 0 Å². The van der Waals surface area contributed by atoms with E-state index >= 15 is 0 Å². The molecule has 0 bridgehead atoms. The average molecular weight is 156 g/mol. The molecule has 11 heavy (non-hydrogen) atoms. The lowest BCUT2D eigenvalue weighted by Gasteiger charge is -2.35. The summed E-state index contributed by atoms with van der Waals surface area (Å²) in [5.41, 5.74) is 0. The number of hydrogen-bond donors (Lipinski definition) is 1. The van der Waals surface area contributed by atoms with Gasteiger partial charge in [-0.3, -0.25) is 4.90 Å². The van der Waals surface area contributed by atoms with Gasteiger partial charge in [0.2, 0.25) is 0 Å². The maximum atomic E-state index is 5.68. The first kappa shape index (κ1) is 7.53. The predicted molar refractivity (Wildman–Crippen MR) is 43.6 cm³/mol. The van der Waals surface area contributed by atoms with Crippen LogP contribution in [-0.2, 0) is 4.74 Å². The Kier molecular flexibility index (Phi) is 1.87. The first-order valence-electron chi connectivity index (χ1n) is 4.34. The summed E-state index contributed by atoms with van der Waals surface area (Å²) in [6, 6.07) is 1.14. The molecule has 3 heteroatoms. The summed E-state index contributed by atoms with van der Waals surface area (Å²) in [5.74, 6) is 0. The van der Waals surface area contributed by atoms with Crippen LogP contribution in [0.25, 0.3) is 0 Å². The molecule has 0 aromatic heterocycles. The topological polar surface area (TPSA) is 24.5 Å². The molecule has 0 radical (unpaired) electrons. The summed E-state index contributed by atoms with van der Waals surface area (Å²) >= 11 is 0. The van der Waals surface area contributed by atoms with Crippen molar-refractivity contribution in [1.29, 1.82) is 0 Å². The first-order valence-corrected chi connectivity index (χ1v) is 4.34. The van der Waals surface area contributed by atoms with Gasteiger partial charge in [0.15, 0.2) is 0 Å². The summed E-state index contributed by atoms with van der Waals surface area (Å²) in [6.45, 7) is 5.26. The van der Waals surface area contributed by atoms with E-state index in [0.29, 0.717) is 18.2 Å². The summed E-state index contributed by atoms with van der Waals surface area (Å²) in [4.78, 5) is 2.39. The Morgan fingerprint density at radius 3 is 3.09 bits per heavy atom. The van der Waals surface area contributed by atoms with Crippen molar-refractivity contribution in [3.63, 3.8) is 0 Å². The predicted octanol–water partition coefficient (Wildman–Crippen LogP) is -0.323. The standard InChI is InChI=1S/C8H16N2O/c1-6-8-7(5-9-6)10(2)3-4-11-8/h6-9H,3-5H2,1-2H3. The van der Waals surface area contributed by atoms with Gasteiger partial charge >= 0.3 is 0 Å². The first-order chi connectivity index (χ1) is 5.29. The van der Waals surface area contributed by atoms with Crippen LogP contribution in [0, 0.1) is 0 Å². The lowest BCUT2D eigenvalue weighted by atomic mass is 10.1. The van der Waals surface area contributed by atoms with Crippen LogP contribution in [0.15, 0.2) is 0 Å². The van der Waals surface area contributed by atoms with Gasteiger partial charge in [-0.1, -0.05) is 0 Å². The highest BCUT2D eigenvalue weighted by molar-refractivity contribution is 4.96. The minimum absolute atomic E-state index is 0.425. The van der Waals surface area contributed by atoms with Crippen molar-refractivity contribution in [1.82, 2.24) is 10.2 Å². The van der Waals surface area contributed by atoms with E-state index in [0.717, 1.165) is 19.7 Å². The summed E-state index contributed by atoms with van der Waals surface area (Å²) in [7, 11) is 2.18. The number of fused-ring (bicyclic) bond motifs is 1. The normalized spacial score (nSPS) is 45.8. The molecule has 0 aliphatic carbocycles. The Bertz CT molecular complexity index is 149. The number of hydrogen-bond acceptors (Lipinski definition) is 3. The molecular formula is C8H16N2O. The van der Waals surface area contributed by atoms with Gasteiger partial charge in [0.25, 0.3) is 0 Å². The van der Waals surface area contributed by atoms with Crippen molar-refractivity contribution in [3.8, 4) is 0 Å². The third-order valence-electron chi connectivity index (χ3n) is 2.84. The van der Waals surface area contributed by atoms with Gasteiger partial charge in [-0.2, -0.15) is 0 Å². The second-order valence-electron chi connectivity index (χ2n) is 3.58. The van der Waals surface area contributed by atoms with Gasteiger partial charge in [0.1, 0.15) is 0 Å². The summed E-state index contributed by atoms with van der Waals surface area (Å²) in [6.07, 6.45) is 0.425. The summed E-state index contributed by atoms with van der Waals surface area (Å²) < 4.78 is 5.68. The van der Waals surface area contributed by atoms with E-state index in [1.165, 1.54) is 0 Å². The Hall–Kier alpha value is -0.120. The van der Waals surface area contributed by atoms with E-state index in [1.807, 2.05) is 0 Å². The number of likely N-dealkylation sites (N-methyl/N-ethyl adjacent to an activating group) is 1. The van der Waals surface area contributed by atoms with Gasteiger partial charge < -0.3 is 10.1 Å².